The van der Waals surface area contributed by atoms with E-state index in [1.807, 2.05) is 0 Å². The zero-order chi connectivity index (χ0) is 13.1. The highest BCUT2D eigenvalue weighted by Gasteiger charge is 2.20. The van der Waals surface area contributed by atoms with E-state index in [1.165, 1.54) is 12.1 Å². The fourth-order valence-corrected chi connectivity index (χ4v) is 2.97. The van der Waals surface area contributed by atoms with Crippen LogP contribution in [0.2, 0.25) is 0 Å². The molecular formula is C11H13BrFNO2S. The Hall–Kier alpha value is -0.720. The quantitative estimate of drug-likeness (QED) is 0.848. The Bertz CT molecular complexity index is 516. The SMILES string of the molecule is C=CCC(C)NS(=O)(=O)c1ccc(Br)cc1F. The average Bonchev–Trinajstić information content (AvgIpc) is 2.15. The van der Waals surface area contributed by atoms with E-state index in [9.17, 15) is 12.8 Å². The van der Waals surface area contributed by atoms with Gasteiger partial charge in [0.1, 0.15) is 10.7 Å². The Balaban J connectivity index is 3.01. The van der Waals surface area contributed by atoms with Gasteiger partial charge in [0.05, 0.1) is 0 Å². The highest BCUT2D eigenvalue weighted by Crippen LogP contribution is 2.19. The second kappa shape index (κ2) is 5.75. The predicted octanol–water partition coefficient (Wildman–Crippen LogP) is 2.83. The van der Waals surface area contributed by atoms with Crippen LogP contribution >= 0.6 is 15.9 Å². The van der Waals surface area contributed by atoms with Crippen molar-refractivity contribution in [3.63, 3.8) is 0 Å². The molecule has 0 bridgehead atoms. The molecule has 17 heavy (non-hydrogen) atoms. The van der Waals surface area contributed by atoms with Crippen LogP contribution in [0.4, 0.5) is 4.39 Å². The van der Waals surface area contributed by atoms with Gasteiger partial charge in [-0.1, -0.05) is 22.0 Å². The lowest BCUT2D eigenvalue weighted by Crippen LogP contribution is -2.32. The molecule has 1 rings (SSSR count). The number of benzene rings is 1. The van der Waals surface area contributed by atoms with Crippen molar-refractivity contribution >= 4 is 26.0 Å². The number of sulfonamides is 1. The molecule has 0 saturated heterocycles. The lowest BCUT2D eigenvalue weighted by Gasteiger charge is -2.12. The third-order valence-corrected chi connectivity index (χ3v) is 4.18. The fourth-order valence-electron chi connectivity index (χ4n) is 1.32. The zero-order valence-electron chi connectivity index (χ0n) is 9.28. The fraction of sp³-hybridized carbons (Fsp3) is 0.273. The Morgan fingerprint density at radius 2 is 2.24 bits per heavy atom. The molecule has 0 amide bonds. The molecule has 0 saturated carbocycles. The summed E-state index contributed by atoms with van der Waals surface area (Å²) >= 11 is 3.07. The third-order valence-electron chi connectivity index (χ3n) is 2.06. The van der Waals surface area contributed by atoms with Gasteiger partial charge in [0.25, 0.3) is 0 Å². The first-order chi connectivity index (χ1) is 7.86. The van der Waals surface area contributed by atoms with Crippen molar-refractivity contribution in [3.8, 4) is 0 Å². The topological polar surface area (TPSA) is 46.2 Å². The standard InChI is InChI=1S/C11H13BrFNO2S/c1-3-4-8(2)14-17(15,16)11-6-5-9(12)7-10(11)13/h3,5-8,14H,1,4H2,2H3. The van der Waals surface area contributed by atoms with Crippen LogP contribution in [0.5, 0.6) is 0 Å². The number of hydrogen-bond donors (Lipinski definition) is 1. The number of nitrogens with one attached hydrogen (secondary N) is 1. The van der Waals surface area contributed by atoms with Crippen molar-refractivity contribution in [2.45, 2.75) is 24.3 Å². The van der Waals surface area contributed by atoms with E-state index in [4.69, 9.17) is 0 Å². The summed E-state index contributed by atoms with van der Waals surface area (Å²) in [6, 6.07) is 3.51. The summed E-state index contributed by atoms with van der Waals surface area (Å²) in [5.74, 6) is -0.780. The van der Waals surface area contributed by atoms with Crippen molar-refractivity contribution in [2.24, 2.45) is 0 Å². The van der Waals surface area contributed by atoms with Crippen molar-refractivity contribution in [2.75, 3.05) is 0 Å². The van der Waals surface area contributed by atoms with Gasteiger partial charge in [-0.3, -0.25) is 0 Å². The van der Waals surface area contributed by atoms with Crippen LogP contribution in [0, 0.1) is 5.82 Å². The summed E-state index contributed by atoms with van der Waals surface area (Å²) in [7, 11) is -3.82. The van der Waals surface area contributed by atoms with Gasteiger partial charge in [0, 0.05) is 10.5 Å². The lowest BCUT2D eigenvalue weighted by atomic mass is 10.3. The molecule has 1 atom stereocenters. The van der Waals surface area contributed by atoms with Crippen LogP contribution in [0.15, 0.2) is 40.2 Å². The van der Waals surface area contributed by atoms with Crippen LogP contribution in [0.1, 0.15) is 13.3 Å². The minimum atomic E-state index is -3.82. The molecule has 0 heterocycles. The van der Waals surface area contributed by atoms with Crippen molar-refractivity contribution in [1.29, 1.82) is 0 Å². The molecule has 1 N–H and O–H groups in total. The van der Waals surface area contributed by atoms with Gasteiger partial charge in [-0.15, -0.1) is 6.58 Å². The van der Waals surface area contributed by atoms with E-state index in [2.05, 4.69) is 27.2 Å². The molecule has 0 spiro atoms. The maximum atomic E-state index is 13.5. The molecule has 0 radical (unpaired) electrons. The summed E-state index contributed by atoms with van der Waals surface area (Å²) in [6.45, 7) is 5.21. The Kier molecular flexibility index (Phi) is 4.85. The zero-order valence-corrected chi connectivity index (χ0v) is 11.7. The normalized spacial score (nSPS) is 13.4. The summed E-state index contributed by atoms with van der Waals surface area (Å²) < 4.78 is 40.1. The minimum absolute atomic E-state index is 0.319. The average molecular weight is 322 g/mol. The molecule has 0 aromatic heterocycles. The lowest BCUT2D eigenvalue weighted by molar-refractivity contribution is 0.543. The van der Waals surface area contributed by atoms with Crippen LogP contribution in [-0.2, 0) is 10.0 Å². The van der Waals surface area contributed by atoms with E-state index in [0.717, 1.165) is 6.07 Å². The second-order valence-electron chi connectivity index (χ2n) is 3.62. The highest BCUT2D eigenvalue weighted by molar-refractivity contribution is 9.10. The first-order valence-electron chi connectivity index (χ1n) is 4.95. The molecular weight excluding hydrogens is 309 g/mol. The Labute approximate surface area is 109 Å². The van der Waals surface area contributed by atoms with Crippen molar-refractivity contribution < 1.29 is 12.8 Å². The number of rotatable bonds is 5. The smallest absolute Gasteiger partial charge is 0.208 e. The summed E-state index contributed by atoms with van der Waals surface area (Å²) in [5.41, 5.74) is 0. The van der Waals surface area contributed by atoms with Crippen LogP contribution < -0.4 is 4.72 Å². The van der Waals surface area contributed by atoms with Gasteiger partial charge in [-0.2, -0.15) is 0 Å². The molecule has 1 unspecified atom stereocenters. The van der Waals surface area contributed by atoms with Crippen molar-refractivity contribution in [1.82, 2.24) is 4.72 Å². The number of hydrogen-bond acceptors (Lipinski definition) is 2. The highest BCUT2D eigenvalue weighted by atomic mass is 79.9. The van der Waals surface area contributed by atoms with Gasteiger partial charge >= 0.3 is 0 Å². The van der Waals surface area contributed by atoms with E-state index in [1.54, 1.807) is 13.0 Å². The Morgan fingerprint density at radius 3 is 2.76 bits per heavy atom. The summed E-state index contributed by atoms with van der Waals surface area (Å²) in [4.78, 5) is -0.350. The van der Waals surface area contributed by atoms with Gasteiger partial charge < -0.3 is 0 Å². The Morgan fingerprint density at radius 1 is 1.59 bits per heavy atom. The van der Waals surface area contributed by atoms with E-state index < -0.39 is 15.8 Å². The molecule has 1 aromatic carbocycles. The van der Waals surface area contributed by atoms with Crippen LogP contribution in [0.25, 0.3) is 0 Å². The van der Waals surface area contributed by atoms with E-state index in [-0.39, 0.29) is 10.9 Å². The molecule has 0 aliphatic carbocycles. The number of halogens is 2. The van der Waals surface area contributed by atoms with Gasteiger partial charge in [-0.25, -0.2) is 17.5 Å². The van der Waals surface area contributed by atoms with Gasteiger partial charge in [0.15, 0.2) is 0 Å². The molecule has 1 aromatic rings. The van der Waals surface area contributed by atoms with Crippen LogP contribution in [-0.4, -0.2) is 14.5 Å². The third kappa shape index (κ3) is 3.90. The molecule has 3 nitrogen and oxygen atoms in total. The van der Waals surface area contributed by atoms with E-state index in [0.29, 0.717) is 10.9 Å². The van der Waals surface area contributed by atoms with Crippen LogP contribution in [0.3, 0.4) is 0 Å². The summed E-state index contributed by atoms with van der Waals surface area (Å²) in [6.07, 6.45) is 2.09. The largest absolute Gasteiger partial charge is 0.243 e. The monoisotopic (exact) mass is 321 g/mol. The first kappa shape index (κ1) is 14.3. The molecule has 0 aliphatic heterocycles. The second-order valence-corrected chi connectivity index (χ2v) is 6.22. The van der Waals surface area contributed by atoms with Gasteiger partial charge in [-0.05, 0) is 31.5 Å². The maximum absolute atomic E-state index is 13.5. The maximum Gasteiger partial charge on any atom is 0.243 e. The van der Waals surface area contributed by atoms with Gasteiger partial charge in [0.2, 0.25) is 10.0 Å². The van der Waals surface area contributed by atoms with Crippen molar-refractivity contribution in [3.05, 3.63) is 41.1 Å². The summed E-state index contributed by atoms with van der Waals surface area (Å²) in [5, 5.41) is 0. The molecule has 0 fully saturated rings. The molecule has 0 aliphatic rings. The predicted molar refractivity (Wildman–Crippen MR) is 68.7 cm³/mol. The minimum Gasteiger partial charge on any atom is -0.208 e. The molecule has 94 valence electrons. The molecule has 6 heteroatoms. The van der Waals surface area contributed by atoms with E-state index >= 15 is 0 Å². The first-order valence-corrected chi connectivity index (χ1v) is 7.22.